The molecule has 2 aliphatic carbocycles. The molecule has 15 nitrogen and oxygen atoms in total. The number of alkyl carbamates (subject to hydrolysis) is 1. The number of unbranched alkanes of at least 4 members (excludes halogenated alkanes) is 2. The van der Waals surface area contributed by atoms with E-state index in [4.69, 9.17) is 23.9 Å². The van der Waals surface area contributed by atoms with Crippen LogP contribution in [0.1, 0.15) is 123 Å². The quantitative estimate of drug-likeness (QED) is 0.0982. The number of furan rings is 1. The van der Waals surface area contributed by atoms with Crippen molar-refractivity contribution in [3.05, 3.63) is 66.2 Å². The van der Waals surface area contributed by atoms with Gasteiger partial charge in [-0.25, -0.2) is 18.2 Å². The number of fused-ring (bicyclic) bond motifs is 5. The molecule has 2 aromatic carbocycles. The third kappa shape index (κ3) is 10.5. The van der Waals surface area contributed by atoms with Gasteiger partial charge in [0.15, 0.2) is 5.82 Å². The minimum atomic E-state index is -3.99. The zero-order chi connectivity index (χ0) is 45.9. The standard InChI is InChI=1S/C49H62N6O9S/c1-5-6-16-27-65(60,61)54-46(58)49-29-33(49)17-10-8-7-9-11-21-37(50-47(59)63-34-18-12-13-19-34)45(57)55-30-35(28-38(55)43(56)53-49)62-44-41-40(36-20-14-15-22-39(36)64-41)51-42(52-44)31-23-25-32(26-24-31)48(2,3)4/h10,14-15,17,20,22-26,33-35,37-38H,5-9,11-13,16,18-19,21,27-30H2,1-4H3,(H,50,59)(H,53,56)(H,54,58)/b17-10-/t33-,35-,37+,38+,49-/m1/s1. The van der Waals surface area contributed by atoms with Gasteiger partial charge in [0.1, 0.15) is 40.9 Å². The van der Waals surface area contributed by atoms with Crippen molar-refractivity contribution in [2.45, 2.75) is 153 Å². The molecule has 65 heavy (non-hydrogen) atoms. The van der Waals surface area contributed by atoms with Crippen LogP contribution in [0.5, 0.6) is 5.88 Å². The number of allylic oxidation sites excluding steroid dienone is 1. The van der Waals surface area contributed by atoms with Crippen molar-refractivity contribution in [3.8, 4) is 17.3 Å². The first-order chi connectivity index (χ1) is 31.1. The van der Waals surface area contributed by atoms with Gasteiger partial charge in [0, 0.05) is 23.3 Å². The first-order valence-electron chi connectivity index (χ1n) is 23.4. The molecule has 0 unspecified atom stereocenters. The van der Waals surface area contributed by atoms with E-state index in [1.165, 1.54) is 4.90 Å². The Bertz CT molecular complexity index is 2550. The Kier molecular flexibility index (Phi) is 13.6. The fraction of sp³-hybridized carbons (Fsp3) is 0.551. The summed E-state index contributed by atoms with van der Waals surface area (Å²) in [6.07, 6.45) is 10.8. The zero-order valence-corrected chi connectivity index (χ0v) is 38.7. The van der Waals surface area contributed by atoms with Gasteiger partial charge < -0.3 is 29.4 Å². The summed E-state index contributed by atoms with van der Waals surface area (Å²) in [6.45, 7) is 8.32. The van der Waals surface area contributed by atoms with Crippen LogP contribution in [0.15, 0.2) is 65.1 Å². The molecular weight excluding hydrogens is 849 g/mol. The predicted molar refractivity (Wildman–Crippen MR) is 246 cm³/mol. The van der Waals surface area contributed by atoms with E-state index in [9.17, 15) is 27.6 Å². The summed E-state index contributed by atoms with van der Waals surface area (Å²) >= 11 is 0. The lowest BCUT2D eigenvalue weighted by atomic mass is 9.87. The maximum atomic E-state index is 14.9. The molecule has 0 spiro atoms. The van der Waals surface area contributed by atoms with E-state index in [1.807, 2.05) is 67.6 Å². The van der Waals surface area contributed by atoms with Crippen LogP contribution < -0.4 is 20.1 Å². The minimum absolute atomic E-state index is 0.00826. The lowest BCUT2D eigenvalue weighted by molar-refractivity contribution is -0.141. The summed E-state index contributed by atoms with van der Waals surface area (Å²) in [6, 6.07) is 13.4. The summed E-state index contributed by atoms with van der Waals surface area (Å²) in [4.78, 5) is 68.2. The van der Waals surface area contributed by atoms with Crippen LogP contribution in [0.3, 0.4) is 0 Å². The predicted octanol–water partition coefficient (Wildman–Crippen LogP) is 7.76. The van der Waals surface area contributed by atoms with Crippen molar-refractivity contribution >= 4 is 55.9 Å². The maximum Gasteiger partial charge on any atom is 0.408 e. The number of nitrogens with one attached hydrogen (secondary N) is 3. The van der Waals surface area contributed by atoms with Gasteiger partial charge in [-0.15, -0.1) is 0 Å². The molecule has 4 aliphatic rings. The number of amides is 4. The Hall–Kier alpha value is -5.51. The summed E-state index contributed by atoms with van der Waals surface area (Å²) in [7, 11) is -3.99. The zero-order valence-electron chi connectivity index (χ0n) is 37.9. The molecule has 1 saturated heterocycles. The van der Waals surface area contributed by atoms with E-state index in [-0.39, 0.29) is 42.5 Å². The van der Waals surface area contributed by atoms with Crippen LogP contribution in [0, 0.1) is 5.92 Å². The molecule has 3 N–H and O–H groups in total. The second-order valence-electron chi connectivity index (χ2n) is 19.2. The minimum Gasteiger partial charge on any atom is -0.470 e. The third-order valence-electron chi connectivity index (χ3n) is 13.3. The number of hydrogen-bond donors (Lipinski definition) is 3. The van der Waals surface area contributed by atoms with Gasteiger partial charge >= 0.3 is 6.09 Å². The molecule has 4 amide bonds. The normalized spacial score (nSPS) is 25.0. The molecule has 8 rings (SSSR count). The Morgan fingerprint density at radius 1 is 0.954 bits per heavy atom. The van der Waals surface area contributed by atoms with Crippen molar-refractivity contribution in [2.75, 3.05) is 12.3 Å². The number of nitrogens with zero attached hydrogens (tertiary/aromatic N) is 3. The summed E-state index contributed by atoms with van der Waals surface area (Å²) < 4.78 is 47.2. The average molecular weight is 911 g/mol. The van der Waals surface area contributed by atoms with Gasteiger partial charge in [-0.1, -0.05) is 102 Å². The second-order valence-corrected chi connectivity index (χ2v) is 21.1. The first kappa shape index (κ1) is 46.0. The second kappa shape index (κ2) is 19.1. The van der Waals surface area contributed by atoms with Gasteiger partial charge in [0.25, 0.3) is 11.8 Å². The fourth-order valence-electron chi connectivity index (χ4n) is 9.38. The van der Waals surface area contributed by atoms with Gasteiger partial charge in [-0.2, -0.15) is 4.98 Å². The molecular formula is C49H62N6O9S. The third-order valence-corrected chi connectivity index (χ3v) is 14.6. The van der Waals surface area contributed by atoms with Crippen LogP contribution in [-0.2, 0) is 34.6 Å². The Morgan fingerprint density at radius 2 is 1.71 bits per heavy atom. The van der Waals surface area contributed by atoms with Crippen LogP contribution in [0.4, 0.5) is 4.79 Å². The van der Waals surface area contributed by atoms with Crippen LogP contribution in [0.25, 0.3) is 33.5 Å². The van der Waals surface area contributed by atoms with Crippen molar-refractivity contribution in [1.82, 2.24) is 30.2 Å². The highest BCUT2D eigenvalue weighted by Gasteiger charge is 2.61. The highest BCUT2D eigenvalue weighted by Crippen LogP contribution is 2.46. The van der Waals surface area contributed by atoms with Crippen LogP contribution in [-0.4, -0.2) is 89.2 Å². The van der Waals surface area contributed by atoms with Crippen molar-refractivity contribution in [2.24, 2.45) is 5.92 Å². The Labute approximate surface area is 380 Å². The number of sulfonamides is 1. The number of para-hydroxylation sites is 1. The van der Waals surface area contributed by atoms with Crippen molar-refractivity contribution in [1.29, 1.82) is 0 Å². The lowest BCUT2D eigenvalue weighted by Crippen LogP contribution is -2.58. The number of hydrogen-bond acceptors (Lipinski definition) is 11. The van der Waals surface area contributed by atoms with Crippen LogP contribution in [0.2, 0.25) is 0 Å². The number of rotatable bonds is 11. The van der Waals surface area contributed by atoms with E-state index < -0.39 is 63.5 Å². The summed E-state index contributed by atoms with van der Waals surface area (Å²) in [5.74, 6) is -2.09. The van der Waals surface area contributed by atoms with Gasteiger partial charge in [0.2, 0.25) is 27.4 Å². The van der Waals surface area contributed by atoms with E-state index in [0.29, 0.717) is 54.6 Å². The number of ether oxygens (including phenoxy) is 2. The fourth-order valence-corrected chi connectivity index (χ4v) is 10.5. The van der Waals surface area contributed by atoms with Crippen molar-refractivity contribution in [3.63, 3.8) is 0 Å². The molecule has 4 aromatic rings. The molecule has 5 atom stereocenters. The van der Waals surface area contributed by atoms with E-state index in [1.54, 1.807) is 0 Å². The molecule has 348 valence electrons. The number of benzene rings is 2. The highest BCUT2D eigenvalue weighted by molar-refractivity contribution is 7.90. The van der Waals surface area contributed by atoms with Gasteiger partial charge in [-0.05, 0) is 80.9 Å². The highest BCUT2D eigenvalue weighted by atomic mass is 32.2. The molecule has 0 bridgehead atoms. The van der Waals surface area contributed by atoms with E-state index in [2.05, 4.69) is 36.1 Å². The van der Waals surface area contributed by atoms with E-state index >= 15 is 0 Å². The Balaban J connectivity index is 1.13. The largest absolute Gasteiger partial charge is 0.470 e. The monoisotopic (exact) mass is 910 g/mol. The molecule has 2 aliphatic heterocycles. The summed E-state index contributed by atoms with van der Waals surface area (Å²) in [5.41, 5.74) is 1.71. The molecule has 3 fully saturated rings. The number of aromatic nitrogens is 2. The molecule has 2 saturated carbocycles. The molecule has 2 aromatic heterocycles. The van der Waals surface area contributed by atoms with Gasteiger partial charge in [-0.3, -0.25) is 19.1 Å². The molecule has 0 radical (unpaired) electrons. The first-order valence-corrected chi connectivity index (χ1v) is 25.1. The van der Waals surface area contributed by atoms with Crippen LogP contribution >= 0.6 is 0 Å². The average Bonchev–Trinajstić information content (AvgIpc) is 3.63. The topological polar surface area (TPSA) is 199 Å². The molecule has 16 heteroatoms. The van der Waals surface area contributed by atoms with Gasteiger partial charge in [0.05, 0.1) is 12.3 Å². The maximum absolute atomic E-state index is 14.9. The lowest BCUT2D eigenvalue weighted by Gasteiger charge is -2.30. The SMILES string of the molecule is CCCCCS(=O)(=O)NC(=O)[C@@]12C[C@H]1/C=C\CCCCC[C@H](NC(=O)OC1CCCC1)C(=O)N1C[C@H](Oc3nc(-c4ccc(C(C)(C)C)cc4)nc4c3oc3ccccc34)C[C@H]1C(=O)N2. The smallest absolute Gasteiger partial charge is 0.408 e. The van der Waals surface area contributed by atoms with E-state index in [0.717, 1.165) is 61.5 Å². The Morgan fingerprint density at radius 3 is 2.46 bits per heavy atom. The molecule has 4 heterocycles. The number of carbonyl (C=O) groups excluding carboxylic acids is 4. The summed E-state index contributed by atoms with van der Waals surface area (Å²) in [5, 5.41) is 6.53. The van der Waals surface area contributed by atoms with Crippen molar-refractivity contribution < 1.29 is 41.5 Å². The number of carbonyl (C=O) groups is 4.